The van der Waals surface area contributed by atoms with Gasteiger partial charge in [0.05, 0.1) is 6.10 Å². The number of nitrogens with zero attached hydrogens (tertiary/aromatic N) is 3. The van der Waals surface area contributed by atoms with E-state index < -0.39 is 0 Å². The molecule has 1 aromatic rings. The number of likely N-dealkylation sites (tertiary alicyclic amines) is 1. The fourth-order valence-electron chi connectivity index (χ4n) is 4.95. The zero-order valence-corrected chi connectivity index (χ0v) is 16.2. The third kappa shape index (κ3) is 3.73. The first-order chi connectivity index (χ1) is 12.5. The Morgan fingerprint density at radius 3 is 2.58 bits per heavy atom. The van der Waals surface area contributed by atoms with Crippen LogP contribution in [-0.4, -0.2) is 54.7 Å². The van der Waals surface area contributed by atoms with Crippen molar-refractivity contribution < 1.29 is 9.53 Å². The van der Waals surface area contributed by atoms with Gasteiger partial charge in [-0.15, -0.1) is 0 Å². The summed E-state index contributed by atoms with van der Waals surface area (Å²) in [4.78, 5) is 21.5. The molecule has 0 aromatic carbocycles. The van der Waals surface area contributed by atoms with Gasteiger partial charge in [0.2, 0.25) is 5.91 Å². The summed E-state index contributed by atoms with van der Waals surface area (Å²) in [7, 11) is 0. The molecule has 5 nitrogen and oxygen atoms in total. The zero-order valence-electron chi connectivity index (χ0n) is 16.2. The second-order valence-corrected chi connectivity index (χ2v) is 8.50. The van der Waals surface area contributed by atoms with Crippen molar-refractivity contribution in [2.45, 2.75) is 58.5 Å². The normalized spacial score (nSPS) is 25.9. The van der Waals surface area contributed by atoms with Crippen molar-refractivity contribution in [3.05, 3.63) is 23.5 Å². The predicted molar refractivity (Wildman–Crippen MR) is 102 cm³/mol. The van der Waals surface area contributed by atoms with E-state index in [-0.39, 0.29) is 6.10 Å². The molecule has 4 rings (SSSR count). The maximum atomic E-state index is 12.4. The lowest BCUT2D eigenvalue weighted by Crippen LogP contribution is -2.53. The smallest absolute Gasteiger partial charge is 0.222 e. The van der Waals surface area contributed by atoms with Crippen LogP contribution in [0.5, 0.6) is 0 Å². The van der Waals surface area contributed by atoms with Gasteiger partial charge in [-0.05, 0) is 63.5 Å². The van der Waals surface area contributed by atoms with E-state index in [9.17, 15) is 4.79 Å². The van der Waals surface area contributed by atoms with Gasteiger partial charge in [-0.1, -0.05) is 0 Å². The summed E-state index contributed by atoms with van der Waals surface area (Å²) < 4.78 is 5.77. The Hall–Kier alpha value is -1.62. The van der Waals surface area contributed by atoms with Crippen molar-refractivity contribution in [1.82, 2.24) is 9.88 Å². The highest BCUT2D eigenvalue weighted by molar-refractivity contribution is 5.77. The summed E-state index contributed by atoms with van der Waals surface area (Å²) in [6.45, 7) is 8.86. The molecule has 0 bridgehead atoms. The van der Waals surface area contributed by atoms with Gasteiger partial charge in [0.1, 0.15) is 0 Å². The Morgan fingerprint density at radius 1 is 1.19 bits per heavy atom. The highest BCUT2D eigenvalue weighted by atomic mass is 16.5. The Labute approximate surface area is 156 Å². The van der Waals surface area contributed by atoms with E-state index in [1.165, 1.54) is 18.5 Å². The van der Waals surface area contributed by atoms with E-state index in [1.807, 2.05) is 0 Å². The van der Waals surface area contributed by atoms with Crippen LogP contribution < -0.4 is 4.90 Å². The highest BCUT2D eigenvalue weighted by Gasteiger charge is 2.41. The molecule has 3 fully saturated rings. The molecule has 0 saturated carbocycles. The van der Waals surface area contributed by atoms with Gasteiger partial charge in [0.15, 0.2) is 0 Å². The van der Waals surface area contributed by atoms with Gasteiger partial charge in [-0.2, -0.15) is 0 Å². The molecule has 26 heavy (non-hydrogen) atoms. The Kier molecular flexibility index (Phi) is 4.91. The molecule has 3 aliphatic rings. The van der Waals surface area contributed by atoms with E-state index in [1.54, 1.807) is 0 Å². The lowest BCUT2D eigenvalue weighted by molar-refractivity contribution is -0.140. The number of aryl methyl sites for hydroxylation is 2. The number of ether oxygens (including phenoxy) is 1. The Bertz CT molecular complexity index is 641. The molecule has 0 unspecified atom stereocenters. The standard InChI is InChI=1S/C21H31N3O2/c1-16-12-18(13-17(2)22-16)23-9-7-21(8-10-23)6-5-20(25)24(15-21)14-19-4-3-11-26-19/h12-13,19H,3-11,14-15H2,1-2H3/t19-/m0/s1. The van der Waals surface area contributed by atoms with Gasteiger partial charge in [-0.25, -0.2) is 0 Å². The van der Waals surface area contributed by atoms with Crippen LogP contribution in [0.2, 0.25) is 0 Å². The highest BCUT2D eigenvalue weighted by Crippen LogP contribution is 2.41. The summed E-state index contributed by atoms with van der Waals surface area (Å²) >= 11 is 0. The third-order valence-corrected chi connectivity index (χ3v) is 6.45. The van der Waals surface area contributed by atoms with Crippen molar-refractivity contribution >= 4 is 11.6 Å². The summed E-state index contributed by atoms with van der Waals surface area (Å²) in [6, 6.07) is 4.39. The Morgan fingerprint density at radius 2 is 1.92 bits per heavy atom. The molecule has 3 aliphatic heterocycles. The molecular formula is C21H31N3O2. The van der Waals surface area contributed by atoms with Crippen LogP contribution >= 0.6 is 0 Å². The number of anilines is 1. The number of carbonyl (C=O) groups excluding carboxylic acids is 1. The van der Waals surface area contributed by atoms with E-state index in [0.29, 0.717) is 17.7 Å². The number of aromatic nitrogens is 1. The summed E-state index contributed by atoms with van der Waals surface area (Å²) in [6.07, 6.45) is 6.60. The first-order valence-corrected chi connectivity index (χ1v) is 10.1. The van der Waals surface area contributed by atoms with Crippen LogP contribution in [0.1, 0.15) is 49.9 Å². The number of carbonyl (C=O) groups is 1. The topological polar surface area (TPSA) is 45.7 Å². The molecule has 4 heterocycles. The number of hydrogen-bond acceptors (Lipinski definition) is 4. The fraction of sp³-hybridized carbons (Fsp3) is 0.714. The average Bonchev–Trinajstić information content (AvgIpc) is 3.11. The van der Waals surface area contributed by atoms with Gasteiger partial charge < -0.3 is 14.5 Å². The molecule has 142 valence electrons. The minimum absolute atomic E-state index is 0.261. The predicted octanol–water partition coefficient (Wildman–Crippen LogP) is 3.09. The van der Waals surface area contributed by atoms with Gasteiger partial charge >= 0.3 is 0 Å². The molecule has 1 aromatic heterocycles. The quantitative estimate of drug-likeness (QED) is 0.834. The van der Waals surface area contributed by atoms with Crippen LogP contribution in [0.4, 0.5) is 5.69 Å². The number of hydrogen-bond donors (Lipinski definition) is 0. The SMILES string of the molecule is Cc1cc(N2CCC3(CCC(=O)N(C[C@@H]4CCCO4)C3)CC2)cc(C)n1. The Balaban J connectivity index is 1.39. The molecule has 0 radical (unpaired) electrons. The number of amides is 1. The second-order valence-electron chi connectivity index (χ2n) is 8.50. The van der Waals surface area contributed by atoms with Crippen LogP contribution in [0, 0.1) is 19.3 Å². The molecule has 3 saturated heterocycles. The molecule has 1 atom stereocenters. The van der Waals surface area contributed by atoms with E-state index >= 15 is 0 Å². The fourth-order valence-corrected chi connectivity index (χ4v) is 4.95. The lowest BCUT2D eigenvalue weighted by Gasteiger charge is -2.48. The van der Waals surface area contributed by atoms with Gasteiger partial charge in [0, 0.05) is 56.3 Å². The van der Waals surface area contributed by atoms with Crippen LogP contribution in [0.15, 0.2) is 12.1 Å². The minimum Gasteiger partial charge on any atom is -0.376 e. The van der Waals surface area contributed by atoms with Crippen molar-refractivity contribution in [1.29, 1.82) is 0 Å². The van der Waals surface area contributed by atoms with Crippen molar-refractivity contribution in [2.75, 3.05) is 37.7 Å². The molecule has 0 N–H and O–H groups in total. The zero-order chi connectivity index (χ0) is 18.1. The van der Waals surface area contributed by atoms with E-state index in [2.05, 4.69) is 40.8 Å². The van der Waals surface area contributed by atoms with Crippen molar-refractivity contribution in [2.24, 2.45) is 5.41 Å². The molecular weight excluding hydrogens is 326 g/mol. The van der Waals surface area contributed by atoms with E-state index in [4.69, 9.17) is 4.74 Å². The number of piperidine rings is 2. The average molecular weight is 357 g/mol. The second kappa shape index (κ2) is 7.18. The van der Waals surface area contributed by atoms with Crippen LogP contribution in [0.25, 0.3) is 0 Å². The number of pyridine rings is 1. The lowest BCUT2D eigenvalue weighted by atomic mass is 9.72. The molecule has 1 spiro atoms. The first-order valence-electron chi connectivity index (χ1n) is 10.1. The monoisotopic (exact) mass is 357 g/mol. The van der Waals surface area contributed by atoms with Crippen molar-refractivity contribution in [3.8, 4) is 0 Å². The first kappa shape index (κ1) is 17.8. The number of rotatable bonds is 3. The largest absolute Gasteiger partial charge is 0.376 e. The maximum absolute atomic E-state index is 12.4. The van der Waals surface area contributed by atoms with Crippen LogP contribution in [0.3, 0.4) is 0 Å². The van der Waals surface area contributed by atoms with Gasteiger partial charge in [-0.3, -0.25) is 9.78 Å². The van der Waals surface area contributed by atoms with Crippen molar-refractivity contribution in [3.63, 3.8) is 0 Å². The maximum Gasteiger partial charge on any atom is 0.222 e. The van der Waals surface area contributed by atoms with Gasteiger partial charge in [0.25, 0.3) is 0 Å². The molecule has 1 amide bonds. The summed E-state index contributed by atoms with van der Waals surface area (Å²) in [5.41, 5.74) is 3.78. The molecule has 5 heteroatoms. The van der Waals surface area contributed by atoms with Crippen LogP contribution in [-0.2, 0) is 9.53 Å². The third-order valence-electron chi connectivity index (χ3n) is 6.45. The van der Waals surface area contributed by atoms with E-state index in [0.717, 1.165) is 63.4 Å². The summed E-state index contributed by atoms with van der Waals surface area (Å²) in [5.74, 6) is 0.328. The minimum atomic E-state index is 0.261. The molecule has 0 aliphatic carbocycles. The summed E-state index contributed by atoms with van der Waals surface area (Å²) in [5, 5.41) is 0.